The molecule has 1 fully saturated rings. The van der Waals surface area contributed by atoms with Crippen molar-refractivity contribution in [2.45, 2.75) is 45.6 Å². The number of aromatic nitrogens is 3. The van der Waals surface area contributed by atoms with Gasteiger partial charge in [-0.2, -0.15) is 4.98 Å². The van der Waals surface area contributed by atoms with Crippen molar-refractivity contribution < 1.29 is 18.6 Å². The van der Waals surface area contributed by atoms with Crippen molar-refractivity contribution >= 4 is 11.7 Å². The Morgan fingerprint density at radius 3 is 2.88 bits per heavy atom. The summed E-state index contributed by atoms with van der Waals surface area (Å²) in [7, 11) is 1.63. The number of urea groups is 1. The number of likely N-dealkylation sites (tertiary alicyclic amines) is 1. The van der Waals surface area contributed by atoms with Gasteiger partial charge in [0, 0.05) is 20.1 Å². The fourth-order valence-electron chi connectivity index (χ4n) is 2.97. The fraction of sp³-hybridized carbons (Fsp3) is 0.625. The lowest BCUT2D eigenvalue weighted by Gasteiger charge is -2.33. The molecule has 0 aliphatic carbocycles. The molecule has 2 amide bonds. The first-order valence-electron chi connectivity index (χ1n) is 8.42. The molecular formula is C16H23N5O4. The molecule has 1 N–H and O–H groups in total. The Morgan fingerprint density at radius 2 is 2.16 bits per heavy atom. The van der Waals surface area contributed by atoms with E-state index in [9.17, 15) is 4.79 Å². The molecule has 2 aromatic rings. The van der Waals surface area contributed by atoms with Gasteiger partial charge in [0.2, 0.25) is 5.89 Å². The van der Waals surface area contributed by atoms with Crippen molar-refractivity contribution in [3.8, 4) is 0 Å². The molecule has 25 heavy (non-hydrogen) atoms. The van der Waals surface area contributed by atoms with Crippen LogP contribution in [0.1, 0.15) is 48.5 Å². The van der Waals surface area contributed by atoms with Gasteiger partial charge in [-0.1, -0.05) is 10.3 Å². The highest BCUT2D eigenvalue weighted by molar-refractivity contribution is 5.90. The largest absolute Gasteiger partial charge is 0.384 e. The number of hydrogen-bond acceptors (Lipinski definition) is 7. The first-order chi connectivity index (χ1) is 12.1. The molecule has 0 spiro atoms. The summed E-state index contributed by atoms with van der Waals surface area (Å²) in [6, 6.07) is -0.436. The molecule has 0 bridgehead atoms. The highest BCUT2D eigenvalue weighted by Gasteiger charge is 2.32. The van der Waals surface area contributed by atoms with Gasteiger partial charge in [-0.05, 0) is 33.1 Å². The summed E-state index contributed by atoms with van der Waals surface area (Å²) in [6.45, 7) is 4.72. The van der Waals surface area contributed by atoms with Crippen LogP contribution in [0.25, 0.3) is 0 Å². The molecule has 1 atom stereocenters. The number of rotatable bonds is 5. The van der Waals surface area contributed by atoms with Crippen LogP contribution in [0.4, 0.5) is 10.5 Å². The quantitative estimate of drug-likeness (QED) is 0.884. The third kappa shape index (κ3) is 3.81. The number of anilines is 1. The highest BCUT2D eigenvalue weighted by Crippen LogP contribution is 2.31. The Morgan fingerprint density at radius 1 is 1.32 bits per heavy atom. The lowest BCUT2D eigenvalue weighted by Crippen LogP contribution is -2.41. The van der Waals surface area contributed by atoms with Crippen LogP contribution >= 0.6 is 0 Å². The monoisotopic (exact) mass is 349 g/mol. The van der Waals surface area contributed by atoms with Gasteiger partial charge < -0.3 is 24.0 Å². The second kappa shape index (κ2) is 7.64. The highest BCUT2D eigenvalue weighted by atomic mass is 16.5. The van der Waals surface area contributed by atoms with Crippen LogP contribution in [-0.2, 0) is 11.2 Å². The van der Waals surface area contributed by atoms with Crippen LogP contribution in [0.5, 0.6) is 0 Å². The van der Waals surface area contributed by atoms with Crippen molar-refractivity contribution in [2.24, 2.45) is 0 Å². The van der Waals surface area contributed by atoms with Crippen LogP contribution in [-0.4, -0.2) is 46.5 Å². The lowest BCUT2D eigenvalue weighted by molar-refractivity contribution is 0.142. The molecule has 1 aliphatic rings. The Labute approximate surface area is 145 Å². The number of amides is 2. The van der Waals surface area contributed by atoms with Gasteiger partial charge in [0.1, 0.15) is 17.4 Å². The van der Waals surface area contributed by atoms with E-state index < -0.39 is 0 Å². The van der Waals surface area contributed by atoms with Crippen LogP contribution < -0.4 is 5.32 Å². The van der Waals surface area contributed by atoms with Crippen LogP contribution in [0, 0.1) is 13.8 Å². The van der Waals surface area contributed by atoms with Crippen LogP contribution in [0.15, 0.2) is 9.05 Å². The summed E-state index contributed by atoms with van der Waals surface area (Å²) in [6.07, 6.45) is 3.32. The summed E-state index contributed by atoms with van der Waals surface area (Å²) in [4.78, 5) is 18.9. The molecule has 0 aromatic carbocycles. The molecule has 3 heterocycles. The zero-order chi connectivity index (χ0) is 17.8. The summed E-state index contributed by atoms with van der Waals surface area (Å²) >= 11 is 0. The van der Waals surface area contributed by atoms with E-state index in [1.165, 1.54) is 0 Å². The van der Waals surface area contributed by atoms with E-state index in [0.717, 1.165) is 19.3 Å². The minimum Gasteiger partial charge on any atom is -0.384 e. The van der Waals surface area contributed by atoms with Crippen LogP contribution in [0.2, 0.25) is 0 Å². The summed E-state index contributed by atoms with van der Waals surface area (Å²) in [5.41, 5.74) is 1.26. The average Bonchev–Trinajstić information content (AvgIpc) is 3.22. The number of carbonyl (C=O) groups is 1. The summed E-state index contributed by atoms with van der Waals surface area (Å²) < 4.78 is 15.5. The molecular weight excluding hydrogens is 326 g/mol. The third-order valence-corrected chi connectivity index (χ3v) is 4.33. The van der Waals surface area contributed by atoms with Crippen molar-refractivity contribution in [2.75, 3.05) is 25.6 Å². The molecule has 136 valence electrons. The molecule has 2 aromatic heterocycles. The topological polar surface area (TPSA) is 107 Å². The van der Waals surface area contributed by atoms with Crippen LogP contribution in [0.3, 0.4) is 0 Å². The van der Waals surface area contributed by atoms with E-state index in [2.05, 4.69) is 20.6 Å². The number of aryl methyl sites for hydroxylation is 2. The van der Waals surface area contributed by atoms with E-state index in [1.54, 1.807) is 25.9 Å². The van der Waals surface area contributed by atoms with E-state index in [0.29, 0.717) is 48.4 Å². The molecule has 9 heteroatoms. The van der Waals surface area contributed by atoms with Gasteiger partial charge in [0.25, 0.3) is 0 Å². The van der Waals surface area contributed by atoms with E-state index in [1.807, 2.05) is 0 Å². The number of nitrogens with one attached hydrogen (secondary N) is 1. The van der Waals surface area contributed by atoms with Gasteiger partial charge in [-0.15, -0.1) is 0 Å². The maximum absolute atomic E-state index is 12.8. The SMILES string of the molecule is COCCc1noc([C@@H]2CCCCN2C(=O)Nc2c(C)noc2C)n1. The van der Waals surface area contributed by atoms with Crippen molar-refractivity contribution in [3.63, 3.8) is 0 Å². The second-order valence-corrected chi connectivity index (χ2v) is 6.13. The standard InChI is InChI=1S/C16H23N5O4/c1-10-14(11(2)24-19-10)18-16(22)21-8-5-4-6-12(21)15-17-13(20-25-15)7-9-23-3/h12H,4-9H2,1-3H3,(H,18,22)/t12-/m0/s1. The van der Waals surface area contributed by atoms with E-state index in [-0.39, 0.29) is 12.1 Å². The number of piperidine rings is 1. The molecule has 0 unspecified atom stereocenters. The minimum absolute atomic E-state index is 0.212. The summed E-state index contributed by atoms with van der Waals surface area (Å²) in [5.74, 6) is 1.65. The van der Waals surface area contributed by atoms with Gasteiger partial charge >= 0.3 is 6.03 Å². The number of hydrogen-bond donors (Lipinski definition) is 1. The normalized spacial score (nSPS) is 17.7. The first kappa shape index (κ1) is 17.4. The lowest BCUT2D eigenvalue weighted by atomic mass is 10.0. The Hall–Kier alpha value is -2.42. The van der Waals surface area contributed by atoms with E-state index in [4.69, 9.17) is 13.8 Å². The number of methoxy groups -OCH3 is 1. The average molecular weight is 349 g/mol. The third-order valence-electron chi connectivity index (χ3n) is 4.33. The number of carbonyl (C=O) groups excluding carboxylic acids is 1. The van der Waals surface area contributed by atoms with Gasteiger partial charge in [0.15, 0.2) is 11.6 Å². The number of ether oxygens (including phenoxy) is 1. The Kier molecular flexibility index (Phi) is 5.32. The predicted molar refractivity (Wildman–Crippen MR) is 88.2 cm³/mol. The predicted octanol–water partition coefficient (Wildman–Crippen LogP) is 2.62. The van der Waals surface area contributed by atoms with Gasteiger partial charge in [-0.25, -0.2) is 4.79 Å². The molecule has 0 radical (unpaired) electrons. The smallest absolute Gasteiger partial charge is 0.322 e. The summed E-state index contributed by atoms with van der Waals surface area (Å²) in [5, 5.41) is 10.7. The van der Waals surface area contributed by atoms with Crippen molar-refractivity contribution in [1.82, 2.24) is 20.2 Å². The molecule has 1 aliphatic heterocycles. The van der Waals surface area contributed by atoms with Crippen molar-refractivity contribution in [3.05, 3.63) is 23.2 Å². The maximum atomic E-state index is 12.8. The Balaban J connectivity index is 1.74. The zero-order valence-corrected chi connectivity index (χ0v) is 14.7. The molecule has 1 saturated heterocycles. The minimum atomic E-state index is -0.224. The van der Waals surface area contributed by atoms with Gasteiger partial charge in [-0.3, -0.25) is 0 Å². The fourth-order valence-corrected chi connectivity index (χ4v) is 2.97. The van der Waals surface area contributed by atoms with Gasteiger partial charge in [0.05, 0.1) is 6.61 Å². The molecule has 3 rings (SSSR count). The van der Waals surface area contributed by atoms with Crippen molar-refractivity contribution in [1.29, 1.82) is 0 Å². The maximum Gasteiger partial charge on any atom is 0.322 e. The molecule has 9 nitrogen and oxygen atoms in total. The zero-order valence-electron chi connectivity index (χ0n) is 14.7. The molecule has 0 saturated carbocycles. The first-order valence-corrected chi connectivity index (χ1v) is 8.42. The number of nitrogens with zero attached hydrogens (tertiary/aromatic N) is 4. The second-order valence-electron chi connectivity index (χ2n) is 6.13. The van der Waals surface area contributed by atoms with E-state index >= 15 is 0 Å². The Bertz CT molecular complexity index is 706.